The number of hydrogen-bond donors (Lipinski definition) is 1. The number of ether oxygens (including phenoxy) is 2. The number of esters is 1. The van der Waals surface area contributed by atoms with E-state index >= 15 is 0 Å². The van der Waals surface area contributed by atoms with Crippen molar-refractivity contribution in [2.75, 3.05) is 23.3 Å². The molecule has 5 heteroatoms. The number of carbonyl (C=O) groups excluding carboxylic acids is 1. The maximum atomic E-state index is 13.5. The minimum atomic E-state index is -1.10. The molecule has 228 valence electrons. The van der Waals surface area contributed by atoms with Gasteiger partial charge in [-0.05, 0) is 81.1 Å². The molecule has 2 heterocycles. The zero-order chi connectivity index (χ0) is 30.8. The summed E-state index contributed by atoms with van der Waals surface area (Å²) < 4.78 is 13.2. The van der Waals surface area contributed by atoms with Crippen LogP contribution in [0.2, 0.25) is 0 Å². The number of rotatable bonds is 11. The average molecular weight is 589 g/mol. The number of anilines is 3. The predicted octanol–water partition coefficient (Wildman–Crippen LogP) is 10.1. The number of hydrogen-bond acceptors (Lipinski definition) is 5. The first-order valence-corrected chi connectivity index (χ1v) is 16.2. The molecule has 0 radical (unpaired) electrons. The van der Waals surface area contributed by atoms with Crippen molar-refractivity contribution in [3.63, 3.8) is 0 Å². The van der Waals surface area contributed by atoms with Gasteiger partial charge in [0.15, 0.2) is 5.60 Å². The van der Waals surface area contributed by atoms with Crippen LogP contribution in [0, 0.1) is 20.8 Å². The lowest BCUT2D eigenvalue weighted by atomic mass is 9.77. The van der Waals surface area contributed by atoms with Crippen LogP contribution in [0.25, 0.3) is 0 Å². The molecule has 0 aromatic heterocycles. The number of aryl methyl sites for hydroxylation is 3. The van der Waals surface area contributed by atoms with E-state index in [1.165, 1.54) is 36.8 Å². The van der Waals surface area contributed by atoms with Crippen LogP contribution in [-0.2, 0) is 10.3 Å². The third-order valence-electron chi connectivity index (χ3n) is 9.12. The monoisotopic (exact) mass is 588 g/mol. The maximum Gasteiger partial charge on any atom is 0.340 e. The Morgan fingerprint density at radius 2 is 1.41 bits per heavy atom. The van der Waals surface area contributed by atoms with E-state index in [-0.39, 0.29) is 5.97 Å². The van der Waals surface area contributed by atoms with Crippen LogP contribution in [0.4, 0.5) is 17.1 Å². The van der Waals surface area contributed by atoms with E-state index in [2.05, 4.69) is 93.4 Å². The summed E-state index contributed by atoms with van der Waals surface area (Å²) in [4.78, 5) is 16.0. The predicted molar refractivity (Wildman–Crippen MR) is 180 cm³/mol. The smallest absolute Gasteiger partial charge is 0.340 e. The molecule has 1 unspecified atom stereocenters. The molecular formula is C39H44N2O3. The Balaban J connectivity index is 1.47. The van der Waals surface area contributed by atoms with Crippen molar-refractivity contribution in [3.8, 4) is 11.5 Å². The van der Waals surface area contributed by atoms with Crippen molar-refractivity contribution >= 4 is 23.0 Å². The molecule has 0 saturated carbocycles. The number of unbranched alkanes of at least 4 members (excludes halogenated alkanes) is 4. The lowest BCUT2D eigenvalue weighted by molar-refractivity contribution is 0.0224. The second-order valence-corrected chi connectivity index (χ2v) is 12.4. The van der Waals surface area contributed by atoms with Gasteiger partial charge in [0.25, 0.3) is 0 Å². The molecule has 6 rings (SSSR count). The normalized spacial score (nSPS) is 16.2. The van der Waals surface area contributed by atoms with Crippen molar-refractivity contribution in [2.45, 2.75) is 78.7 Å². The van der Waals surface area contributed by atoms with Crippen LogP contribution in [0.1, 0.15) is 96.1 Å². The molecule has 1 N–H and O–H groups in total. The second kappa shape index (κ2) is 12.4. The lowest BCUT2D eigenvalue weighted by Crippen LogP contribution is -2.33. The summed E-state index contributed by atoms with van der Waals surface area (Å²) in [6, 6.07) is 24.8. The van der Waals surface area contributed by atoms with E-state index in [0.29, 0.717) is 11.3 Å². The minimum absolute atomic E-state index is 0.311. The molecule has 2 aliphatic heterocycles. The first-order valence-electron chi connectivity index (χ1n) is 16.2. The largest absolute Gasteiger partial charge is 0.456 e. The van der Waals surface area contributed by atoms with Crippen molar-refractivity contribution < 1.29 is 14.3 Å². The first kappa shape index (κ1) is 29.8. The molecule has 0 aliphatic carbocycles. The van der Waals surface area contributed by atoms with Crippen molar-refractivity contribution in [1.29, 1.82) is 0 Å². The van der Waals surface area contributed by atoms with E-state index in [4.69, 9.17) is 9.47 Å². The molecule has 4 aromatic rings. The van der Waals surface area contributed by atoms with Gasteiger partial charge in [0.1, 0.15) is 11.5 Å². The van der Waals surface area contributed by atoms with Crippen LogP contribution >= 0.6 is 0 Å². The van der Waals surface area contributed by atoms with E-state index < -0.39 is 5.60 Å². The Hall–Kier alpha value is -4.25. The Labute approximate surface area is 262 Å². The standard InChI is InChI=1S/C39H44N2O3/c1-6-8-12-20-41(21-13-9-7-2)29-17-18-32-37(24-29)43-36-23-28(5)35(40-34-19-16-26(3)22-27(34)4)25-33(36)39(32)31-15-11-10-14-30(31)38(42)44-39/h10-11,14-19,22-25,40H,6-9,12-13,20-21H2,1-5H3. The quantitative estimate of drug-likeness (QED) is 0.140. The number of nitrogens with one attached hydrogen (secondary N) is 1. The fraction of sp³-hybridized carbons (Fsp3) is 0.359. The molecule has 0 bridgehead atoms. The summed E-state index contributed by atoms with van der Waals surface area (Å²) in [5, 5.41) is 3.65. The van der Waals surface area contributed by atoms with Gasteiger partial charge < -0.3 is 19.7 Å². The Morgan fingerprint density at radius 1 is 0.705 bits per heavy atom. The third kappa shape index (κ3) is 5.34. The molecule has 0 fully saturated rings. The molecule has 1 spiro atoms. The molecule has 1 atom stereocenters. The maximum absolute atomic E-state index is 13.5. The van der Waals surface area contributed by atoms with E-state index in [9.17, 15) is 4.79 Å². The summed E-state index contributed by atoms with van der Waals surface area (Å²) in [5.74, 6) is 1.14. The summed E-state index contributed by atoms with van der Waals surface area (Å²) in [5.41, 5.74) is 8.64. The number of fused-ring (bicyclic) bond motifs is 6. The Kier molecular flexibility index (Phi) is 8.40. The lowest BCUT2D eigenvalue weighted by Gasteiger charge is -2.38. The van der Waals surface area contributed by atoms with Crippen LogP contribution < -0.4 is 15.0 Å². The average Bonchev–Trinajstić information content (AvgIpc) is 3.31. The van der Waals surface area contributed by atoms with E-state index in [1.807, 2.05) is 24.3 Å². The highest BCUT2D eigenvalue weighted by atomic mass is 16.6. The zero-order valence-electron chi connectivity index (χ0n) is 26.8. The molecule has 2 aliphatic rings. The third-order valence-corrected chi connectivity index (χ3v) is 9.12. The second-order valence-electron chi connectivity index (χ2n) is 12.4. The van der Waals surface area contributed by atoms with Gasteiger partial charge in [-0.25, -0.2) is 4.79 Å². The van der Waals surface area contributed by atoms with Gasteiger partial charge in [-0.1, -0.05) is 75.4 Å². The van der Waals surface area contributed by atoms with E-state index in [1.54, 1.807) is 0 Å². The molecular weight excluding hydrogens is 544 g/mol. The van der Waals surface area contributed by atoms with Crippen LogP contribution in [0.15, 0.2) is 72.8 Å². The SMILES string of the molecule is CCCCCN(CCCCC)c1ccc2c(c1)Oc1cc(C)c(Nc3ccc(C)cc3C)cc1C21OC(=O)c2ccccc21. The van der Waals surface area contributed by atoms with Crippen molar-refractivity contribution in [1.82, 2.24) is 0 Å². The molecule has 5 nitrogen and oxygen atoms in total. The fourth-order valence-corrected chi connectivity index (χ4v) is 6.71. The van der Waals surface area contributed by atoms with Gasteiger partial charge >= 0.3 is 5.97 Å². The number of nitrogens with zero attached hydrogens (tertiary/aromatic N) is 1. The van der Waals surface area contributed by atoms with E-state index in [0.717, 1.165) is 71.0 Å². The minimum Gasteiger partial charge on any atom is -0.456 e. The summed E-state index contributed by atoms with van der Waals surface area (Å²) in [6.45, 7) is 12.8. The molecule has 0 amide bonds. The van der Waals surface area contributed by atoms with Crippen molar-refractivity contribution in [3.05, 3.63) is 112 Å². The topological polar surface area (TPSA) is 50.8 Å². The first-order chi connectivity index (χ1) is 21.3. The Morgan fingerprint density at radius 3 is 2.14 bits per heavy atom. The highest BCUT2D eigenvalue weighted by Gasteiger charge is 2.53. The van der Waals surface area contributed by atoms with Gasteiger partial charge in [-0.2, -0.15) is 0 Å². The summed E-state index contributed by atoms with van der Waals surface area (Å²) in [7, 11) is 0. The van der Waals surface area contributed by atoms with Gasteiger partial charge in [-0.3, -0.25) is 0 Å². The molecule has 4 aromatic carbocycles. The van der Waals surface area contributed by atoms with Crippen LogP contribution in [-0.4, -0.2) is 19.1 Å². The number of benzene rings is 4. The van der Waals surface area contributed by atoms with Crippen LogP contribution in [0.5, 0.6) is 11.5 Å². The highest BCUT2D eigenvalue weighted by molar-refractivity contribution is 5.97. The fourth-order valence-electron chi connectivity index (χ4n) is 6.71. The van der Waals surface area contributed by atoms with Gasteiger partial charge in [0.05, 0.1) is 5.56 Å². The van der Waals surface area contributed by atoms with Gasteiger partial charge in [-0.15, -0.1) is 0 Å². The van der Waals surface area contributed by atoms with Gasteiger partial charge in [0, 0.05) is 52.9 Å². The van der Waals surface area contributed by atoms with Crippen molar-refractivity contribution in [2.24, 2.45) is 0 Å². The summed E-state index contributed by atoms with van der Waals surface area (Å²) in [6.07, 6.45) is 7.14. The van der Waals surface area contributed by atoms with Crippen LogP contribution in [0.3, 0.4) is 0 Å². The zero-order valence-corrected chi connectivity index (χ0v) is 26.8. The molecule has 0 saturated heterocycles. The van der Waals surface area contributed by atoms with Gasteiger partial charge in [0.2, 0.25) is 0 Å². The highest BCUT2D eigenvalue weighted by Crippen LogP contribution is 2.57. The summed E-state index contributed by atoms with van der Waals surface area (Å²) >= 11 is 0. The Bertz CT molecular complexity index is 1680. The number of carbonyl (C=O) groups is 1. The molecule has 44 heavy (non-hydrogen) atoms.